The molecule has 2 aromatic carbocycles. The summed E-state index contributed by atoms with van der Waals surface area (Å²) in [5.41, 5.74) is 12.5. The number of nitrogen functional groups attached to an aromatic ring is 2. The molecule has 9 nitrogen and oxygen atoms in total. The van der Waals surface area contributed by atoms with E-state index in [9.17, 15) is 0 Å². The van der Waals surface area contributed by atoms with Gasteiger partial charge in [0.05, 0.1) is 12.9 Å². The lowest BCUT2D eigenvalue weighted by atomic mass is 9.89. The minimum absolute atomic E-state index is 0.0858. The Morgan fingerprint density at radius 2 is 1.63 bits per heavy atom. The number of nitrogens with two attached hydrogens (primary N) is 2. The molecule has 3 heterocycles. The largest absolute Gasteiger partial charge is 0.402 e. The van der Waals surface area contributed by atoms with Crippen molar-refractivity contribution >= 4 is 42.3 Å². The molecule has 2 unspecified atom stereocenters. The van der Waals surface area contributed by atoms with Gasteiger partial charge in [-0.05, 0) is 15.8 Å². The highest BCUT2D eigenvalue weighted by Crippen LogP contribution is 2.34. The molecule has 1 aliphatic rings. The van der Waals surface area contributed by atoms with Crippen molar-refractivity contribution in [3.05, 3.63) is 67.0 Å². The molecule has 1 aliphatic heterocycles. The van der Waals surface area contributed by atoms with Crippen LogP contribution in [0.4, 0.5) is 11.8 Å². The SMILES string of the molecule is CC(C)(C)C(O[SiH](c1ccccc1)c1ccccc1)[C@@H]1OCC(n2cnc3c(N)nc(N)nc32)O1. The molecule has 0 bridgehead atoms. The first-order chi connectivity index (χ1) is 16.8. The summed E-state index contributed by atoms with van der Waals surface area (Å²) in [6.45, 7) is 6.74. The van der Waals surface area contributed by atoms with Crippen LogP contribution in [0.25, 0.3) is 11.2 Å². The first-order valence-electron chi connectivity index (χ1n) is 11.6. The zero-order chi connectivity index (χ0) is 24.6. The molecule has 0 spiro atoms. The summed E-state index contributed by atoms with van der Waals surface area (Å²) in [4.78, 5) is 12.7. The molecule has 0 radical (unpaired) electrons. The first-order valence-corrected chi connectivity index (χ1v) is 13.2. The summed E-state index contributed by atoms with van der Waals surface area (Å²) < 4.78 is 21.3. The monoisotopic (exact) mass is 490 g/mol. The van der Waals surface area contributed by atoms with Crippen LogP contribution >= 0.6 is 0 Å². The Balaban J connectivity index is 1.44. The van der Waals surface area contributed by atoms with Crippen LogP contribution in [-0.4, -0.2) is 47.6 Å². The second-order valence-corrected chi connectivity index (χ2v) is 12.1. The summed E-state index contributed by atoms with van der Waals surface area (Å²) >= 11 is 0. The lowest BCUT2D eigenvalue weighted by molar-refractivity contribution is -0.158. The van der Waals surface area contributed by atoms with Gasteiger partial charge in [0.15, 0.2) is 24.0 Å². The summed E-state index contributed by atoms with van der Waals surface area (Å²) in [7, 11) is -2.03. The fraction of sp³-hybridized carbons (Fsp3) is 0.320. The van der Waals surface area contributed by atoms with E-state index in [0.717, 1.165) is 0 Å². The lowest BCUT2D eigenvalue weighted by Crippen LogP contribution is -2.53. The van der Waals surface area contributed by atoms with Gasteiger partial charge in [-0.2, -0.15) is 9.97 Å². The van der Waals surface area contributed by atoms with Crippen molar-refractivity contribution in [2.24, 2.45) is 5.41 Å². The van der Waals surface area contributed by atoms with Crippen molar-refractivity contribution < 1.29 is 13.9 Å². The van der Waals surface area contributed by atoms with Gasteiger partial charge in [0, 0.05) is 0 Å². The topological polar surface area (TPSA) is 123 Å². The second kappa shape index (κ2) is 9.38. The number of benzene rings is 2. The van der Waals surface area contributed by atoms with E-state index in [0.29, 0.717) is 17.8 Å². The minimum atomic E-state index is -2.03. The highest BCUT2D eigenvalue weighted by atomic mass is 28.3. The smallest absolute Gasteiger partial charge is 0.240 e. The Morgan fingerprint density at radius 1 is 1.00 bits per heavy atom. The first kappa shape index (κ1) is 23.4. The number of hydrogen-bond donors (Lipinski definition) is 2. The molecule has 35 heavy (non-hydrogen) atoms. The average Bonchev–Trinajstić information content (AvgIpc) is 3.47. The van der Waals surface area contributed by atoms with Gasteiger partial charge in [0.25, 0.3) is 0 Å². The zero-order valence-corrected chi connectivity index (χ0v) is 21.2. The summed E-state index contributed by atoms with van der Waals surface area (Å²) in [5.74, 6) is 0.319. The van der Waals surface area contributed by atoms with E-state index in [4.69, 9.17) is 25.4 Å². The molecule has 1 fully saturated rings. The molecule has 4 N–H and O–H groups in total. The molecular weight excluding hydrogens is 460 g/mol. The fourth-order valence-electron chi connectivity index (χ4n) is 4.31. The third-order valence-electron chi connectivity index (χ3n) is 6.06. The molecule has 1 saturated heterocycles. The Bertz CT molecular complexity index is 1260. The van der Waals surface area contributed by atoms with Crippen molar-refractivity contribution in [1.29, 1.82) is 0 Å². The molecule has 2 aromatic heterocycles. The van der Waals surface area contributed by atoms with Crippen LogP contribution in [0, 0.1) is 5.41 Å². The number of aromatic nitrogens is 4. The predicted molar refractivity (Wildman–Crippen MR) is 138 cm³/mol. The summed E-state index contributed by atoms with van der Waals surface area (Å²) in [6.07, 6.45) is 0.297. The van der Waals surface area contributed by atoms with E-state index in [1.54, 1.807) is 10.9 Å². The number of fused-ring (bicyclic) bond motifs is 1. The van der Waals surface area contributed by atoms with Crippen LogP contribution in [0.1, 0.15) is 27.0 Å². The second-order valence-electron chi connectivity index (χ2n) is 9.71. The molecule has 5 rings (SSSR count). The van der Waals surface area contributed by atoms with E-state index < -0.39 is 21.6 Å². The van der Waals surface area contributed by atoms with Gasteiger partial charge >= 0.3 is 0 Å². The summed E-state index contributed by atoms with van der Waals surface area (Å²) in [5, 5.41) is 2.40. The van der Waals surface area contributed by atoms with Crippen molar-refractivity contribution in [1.82, 2.24) is 19.5 Å². The highest BCUT2D eigenvalue weighted by molar-refractivity contribution is 6.80. The third-order valence-corrected chi connectivity index (χ3v) is 8.60. The van der Waals surface area contributed by atoms with Crippen LogP contribution in [0.5, 0.6) is 0 Å². The van der Waals surface area contributed by atoms with Gasteiger partial charge in [-0.3, -0.25) is 4.57 Å². The third kappa shape index (κ3) is 4.78. The van der Waals surface area contributed by atoms with E-state index in [1.165, 1.54) is 10.4 Å². The normalized spacial score (nSPS) is 19.4. The highest BCUT2D eigenvalue weighted by Gasteiger charge is 2.42. The quantitative estimate of drug-likeness (QED) is 0.393. The van der Waals surface area contributed by atoms with Gasteiger partial charge < -0.3 is 25.4 Å². The molecule has 10 heteroatoms. The van der Waals surface area contributed by atoms with E-state index >= 15 is 0 Å². The van der Waals surface area contributed by atoms with E-state index in [2.05, 4.69) is 84.3 Å². The number of anilines is 2. The number of imidazole rings is 1. The lowest BCUT2D eigenvalue weighted by Gasteiger charge is -2.37. The van der Waals surface area contributed by atoms with Crippen LogP contribution in [-0.2, 0) is 13.9 Å². The van der Waals surface area contributed by atoms with Crippen molar-refractivity contribution in [2.45, 2.75) is 39.4 Å². The van der Waals surface area contributed by atoms with Gasteiger partial charge in [-0.25, -0.2) is 4.98 Å². The van der Waals surface area contributed by atoms with Crippen LogP contribution < -0.4 is 21.8 Å². The van der Waals surface area contributed by atoms with E-state index in [-0.39, 0.29) is 23.3 Å². The molecule has 3 atom stereocenters. The number of hydrogen-bond acceptors (Lipinski definition) is 8. The van der Waals surface area contributed by atoms with Crippen molar-refractivity contribution in [3.63, 3.8) is 0 Å². The molecule has 0 aliphatic carbocycles. The van der Waals surface area contributed by atoms with Gasteiger partial charge in [0.2, 0.25) is 15.0 Å². The van der Waals surface area contributed by atoms with Gasteiger partial charge in [0.1, 0.15) is 11.6 Å². The Hall–Kier alpha value is -3.31. The average molecular weight is 491 g/mol. The molecular formula is C25H30N6O3Si. The zero-order valence-electron chi connectivity index (χ0n) is 20.0. The predicted octanol–water partition coefficient (Wildman–Crippen LogP) is 1.83. The van der Waals surface area contributed by atoms with Gasteiger partial charge in [-0.15, -0.1) is 0 Å². The van der Waals surface area contributed by atoms with Crippen LogP contribution in [0.3, 0.4) is 0 Å². The maximum absolute atomic E-state index is 6.96. The summed E-state index contributed by atoms with van der Waals surface area (Å²) in [6, 6.07) is 20.8. The van der Waals surface area contributed by atoms with Crippen LogP contribution in [0.2, 0.25) is 0 Å². The number of nitrogens with zero attached hydrogens (tertiary/aromatic N) is 4. The number of rotatable bonds is 6. The Morgan fingerprint density at radius 3 is 2.23 bits per heavy atom. The van der Waals surface area contributed by atoms with Gasteiger partial charge in [-0.1, -0.05) is 81.4 Å². The maximum atomic E-state index is 6.96. The standard InChI is InChI=1S/C25H30N6O3Si/c1-25(2,3)20(34-35(16-10-6-4-7-11-16)17-12-8-5-9-13-17)23-32-14-18(33-23)31-15-28-19-21(26)29-24(27)30-22(19)31/h4-13,15,18,20,23,35H,14H2,1-3H3,(H4,26,27,29,30)/t18?,20?,23-/m1/s1. The van der Waals surface area contributed by atoms with Crippen molar-refractivity contribution in [2.75, 3.05) is 18.1 Å². The maximum Gasteiger partial charge on any atom is 0.240 e. The van der Waals surface area contributed by atoms with Crippen LogP contribution in [0.15, 0.2) is 67.0 Å². The molecule has 0 saturated carbocycles. The van der Waals surface area contributed by atoms with Crippen molar-refractivity contribution in [3.8, 4) is 0 Å². The molecule has 0 amide bonds. The fourth-order valence-corrected chi connectivity index (χ4v) is 6.98. The number of ether oxygens (including phenoxy) is 2. The molecule has 4 aromatic rings. The minimum Gasteiger partial charge on any atom is -0.402 e. The van der Waals surface area contributed by atoms with E-state index in [1.807, 2.05) is 12.1 Å². The molecule has 182 valence electrons. The Kier molecular flexibility index (Phi) is 6.28. The Labute approximate surface area is 205 Å².